The number of halogens is 1. The van der Waals surface area contributed by atoms with Crippen molar-refractivity contribution in [3.05, 3.63) is 48.2 Å². The second kappa shape index (κ2) is 7.72. The highest BCUT2D eigenvalue weighted by molar-refractivity contribution is 5.59. The zero-order chi connectivity index (χ0) is 21.7. The van der Waals surface area contributed by atoms with Crippen molar-refractivity contribution in [2.24, 2.45) is 11.8 Å². The van der Waals surface area contributed by atoms with E-state index in [-0.39, 0.29) is 5.82 Å². The Labute approximate surface area is 186 Å². The number of anilines is 4. The summed E-state index contributed by atoms with van der Waals surface area (Å²) >= 11 is 0. The molecule has 1 aliphatic carbocycles. The van der Waals surface area contributed by atoms with Gasteiger partial charge in [-0.25, -0.2) is 19.0 Å². The molecule has 1 N–H and O–H groups in total. The van der Waals surface area contributed by atoms with Gasteiger partial charge in [-0.2, -0.15) is 4.98 Å². The third-order valence-corrected chi connectivity index (χ3v) is 7.01. The van der Waals surface area contributed by atoms with Crippen molar-refractivity contribution in [2.75, 3.05) is 34.8 Å². The summed E-state index contributed by atoms with van der Waals surface area (Å²) in [6.07, 6.45) is 5.01. The Hall–Kier alpha value is -3.23. The van der Waals surface area contributed by atoms with Gasteiger partial charge in [-0.05, 0) is 56.2 Å². The van der Waals surface area contributed by atoms with Gasteiger partial charge in [0.1, 0.15) is 18.0 Å². The summed E-state index contributed by atoms with van der Waals surface area (Å²) in [5.41, 5.74) is 1.82. The normalized spacial score (nSPS) is 24.5. The summed E-state index contributed by atoms with van der Waals surface area (Å²) in [5, 5.41) is 8.42. The minimum Gasteiger partial charge on any atom is -0.356 e. The Kier molecular flexibility index (Phi) is 4.69. The molecule has 32 heavy (non-hydrogen) atoms. The maximum Gasteiger partial charge on any atom is 0.244 e. The van der Waals surface area contributed by atoms with Crippen LogP contribution in [0.2, 0.25) is 0 Å². The van der Waals surface area contributed by atoms with Crippen LogP contribution in [0.4, 0.5) is 27.8 Å². The van der Waals surface area contributed by atoms with Crippen molar-refractivity contribution in [1.29, 1.82) is 0 Å². The number of fused-ring (bicyclic) bond motifs is 3. The Balaban J connectivity index is 1.20. The SMILES string of the molecule is Cc1cc(N2CC3CC[C@@H](C2)[C@@H]3Nc2nc3n(n2)CCCN3c2cccc(F)c2)ncn1. The number of aryl methyl sites for hydroxylation is 2. The molecule has 1 aromatic carbocycles. The molecule has 3 aromatic rings. The number of nitrogens with zero attached hydrogens (tertiary/aromatic N) is 7. The highest BCUT2D eigenvalue weighted by Crippen LogP contribution is 2.40. The van der Waals surface area contributed by atoms with Gasteiger partial charge < -0.3 is 15.1 Å². The van der Waals surface area contributed by atoms with Gasteiger partial charge in [0.05, 0.1) is 0 Å². The molecule has 3 aliphatic rings. The molecule has 3 atom stereocenters. The van der Waals surface area contributed by atoms with Crippen molar-refractivity contribution in [3.63, 3.8) is 0 Å². The highest BCUT2D eigenvalue weighted by atomic mass is 19.1. The molecular formula is C23H27FN8. The molecule has 2 fully saturated rings. The number of hydrogen-bond acceptors (Lipinski definition) is 7. The zero-order valence-electron chi connectivity index (χ0n) is 18.2. The molecule has 4 heterocycles. The third kappa shape index (κ3) is 3.45. The first-order valence-electron chi connectivity index (χ1n) is 11.4. The summed E-state index contributed by atoms with van der Waals surface area (Å²) in [6.45, 7) is 5.60. The lowest BCUT2D eigenvalue weighted by atomic mass is 9.92. The van der Waals surface area contributed by atoms with Crippen LogP contribution in [0.5, 0.6) is 0 Å². The number of nitrogens with one attached hydrogen (secondary N) is 1. The van der Waals surface area contributed by atoms with Crippen LogP contribution in [-0.2, 0) is 6.54 Å². The van der Waals surface area contributed by atoms with Gasteiger partial charge in [-0.1, -0.05) is 6.07 Å². The molecule has 1 saturated heterocycles. The fraction of sp³-hybridized carbons (Fsp3) is 0.478. The predicted molar refractivity (Wildman–Crippen MR) is 121 cm³/mol. The second-order valence-corrected chi connectivity index (χ2v) is 9.13. The van der Waals surface area contributed by atoms with E-state index in [1.165, 1.54) is 18.9 Å². The van der Waals surface area contributed by atoms with Crippen molar-refractivity contribution in [2.45, 2.75) is 38.8 Å². The molecule has 1 saturated carbocycles. The topological polar surface area (TPSA) is 75.0 Å². The number of aromatic nitrogens is 5. The van der Waals surface area contributed by atoms with Crippen LogP contribution < -0.4 is 15.1 Å². The van der Waals surface area contributed by atoms with E-state index in [4.69, 9.17) is 10.1 Å². The summed E-state index contributed by atoms with van der Waals surface area (Å²) in [4.78, 5) is 18.0. The van der Waals surface area contributed by atoms with E-state index in [9.17, 15) is 4.39 Å². The van der Waals surface area contributed by atoms with Crippen molar-refractivity contribution in [1.82, 2.24) is 24.7 Å². The lowest BCUT2D eigenvalue weighted by Gasteiger charge is -2.38. The monoisotopic (exact) mass is 434 g/mol. The molecule has 6 rings (SSSR count). The van der Waals surface area contributed by atoms with Crippen molar-refractivity contribution >= 4 is 23.4 Å². The van der Waals surface area contributed by atoms with E-state index in [0.29, 0.717) is 23.8 Å². The molecule has 0 spiro atoms. The van der Waals surface area contributed by atoms with E-state index in [2.05, 4.69) is 31.2 Å². The summed E-state index contributed by atoms with van der Waals surface area (Å²) in [6, 6.07) is 9.12. The highest BCUT2D eigenvalue weighted by Gasteiger charge is 2.43. The molecule has 9 heteroatoms. The maximum absolute atomic E-state index is 13.8. The molecule has 2 aromatic heterocycles. The van der Waals surface area contributed by atoms with Gasteiger partial charge in [0.15, 0.2) is 0 Å². The van der Waals surface area contributed by atoms with Crippen molar-refractivity contribution < 1.29 is 4.39 Å². The largest absolute Gasteiger partial charge is 0.356 e. The first kappa shape index (κ1) is 19.5. The molecular weight excluding hydrogens is 407 g/mol. The Morgan fingerprint density at radius 2 is 1.91 bits per heavy atom. The Bertz CT molecular complexity index is 1120. The summed E-state index contributed by atoms with van der Waals surface area (Å²) in [5.74, 6) is 3.31. The summed E-state index contributed by atoms with van der Waals surface area (Å²) < 4.78 is 15.7. The predicted octanol–water partition coefficient (Wildman–Crippen LogP) is 3.38. The Morgan fingerprint density at radius 3 is 2.69 bits per heavy atom. The van der Waals surface area contributed by atoms with Gasteiger partial charge in [0.2, 0.25) is 11.9 Å². The zero-order valence-corrected chi connectivity index (χ0v) is 18.2. The Morgan fingerprint density at radius 1 is 1.06 bits per heavy atom. The molecule has 0 amide bonds. The molecule has 2 bridgehead atoms. The number of benzene rings is 1. The quantitative estimate of drug-likeness (QED) is 0.675. The smallest absolute Gasteiger partial charge is 0.244 e. The third-order valence-electron chi connectivity index (χ3n) is 7.01. The summed E-state index contributed by atoms with van der Waals surface area (Å²) in [7, 11) is 0. The van der Waals surface area contributed by atoms with Gasteiger partial charge in [-0.15, -0.1) is 5.10 Å². The molecule has 166 valence electrons. The van der Waals surface area contributed by atoms with Crippen LogP contribution in [0.25, 0.3) is 0 Å². The van der Waals surface area contributed by atoms with E-state index in [1.807, 2.05) is 17.7 Å². The van der Waals surface area contributed by atoms with Crippen LogP contribution in [0, 0.1) is 24.6 Å². The average molecular weight is 435 g/mol. The van der Waals surface area contributed by atoms with E-state index >= 15 is 0 Å². The van der Waals surface area contributed by atoms with Crippen LogP contribution in [0.3, 0.4) is 0 Å². The molecule has 2 aliphatic heterocycles. The van der Waals surface area contributed by atoms with E-state index < -0.39 is 0 Å². The minimum absolute atomic E-state index is 0.236. The molecule has 8 nitrogen and oxygen atoms in total. The van der Waals surface area contributed by atoms with E-state index in [0.717, 1.165) is 55.7 Å². The standard InChI is InChI=1S/C23H27FN8/c1-15-10-20(26-14-25-15)30-12-16-6-7-17(13-30)21(16)27-22-28-23-31(8-3-9-32(23)29-22)19-5-2-4-18(24)11-19/h2,4-5,10-11,14,16-17,21H,3,6-9,12-13H2,1H3,(H,27,29)/t16-,17?,21-/m0/s1. The van der Waals surface area contributed by atoms with Gasteiger partial charge >= 0.3 is 0 Å². The second-order valence-electron chi connectivity index (χ2n) is 9.13. The first-order chi connectivity index (χ1) is 15.6. The molecule has 0 radical (unpaired) electrons. The average Bonchev–Trinajstić information content (AvgIpc) is 3.29. The van der Waals surface area contributed by atoms with Gasteiger partial charge in [0.25, 0.3) is 0 Å². The van der Waals surface area contributed by atoms with Crippen LogP contribution >= 0.6 is 0 Å². The minimum atomic E-state index is -0.236. The van der Waals surface area contributed by atoms with Gasteiger partial charge in [0, 0.05) is 49.7 Å². The lowest BCUT2D eigenvalue weighted by molar-refractivity contribution is 0.374. The van der Waals surface area contributed by atoms with Gasteiger partial charge in [-0.3, -0.25) is 0 Å². The first-order valence-corrected chi connectivity index (χ1v) is 11.4. The number of rotatable bonds is 4. The van der Waals surface area contributed by atoms with Crippen molar-refractivity contribution in [3.8, 4) is 0 Å². The van der Waals surface area contributed by atoms with Crippen LogP contribution in [-0.4, -0.2) is 50.4 Å². The number of hydrogen-bond donors (Lipinski definition) is 1. The number of piperidine rings is 1. The van der Waals surface area contributed by atoms with Crippen LogP contribution in [0.1, 0.15) is 25.0 Å². The fourth-order valence-corrected chi connectivity index (χ4v) is 5.52. The lowest BCUT2D eigenvalue weighted by Crippen LogP contribution is -2.48. The van der Waals surface area contributed by atoms with E-state index in [1.54, 1.807) is 18.5 Å². The molecule has 1 unspecified atom stereocenters. The van der Waals surface area contributed by atoms with Crippen LogP contribution in [0.15, 0.2) is 36.7 Å². The fourth-order valence-electron chi connectivity index (χ4n) is 5.52. The maximum atomic E-state index is 13.8.